The SMILES string of the molecule is CO[C@@H]1O[C@H](Cn2cc(-c3ccccc3N)nn2)[C@H](O)[C@H](O)[C@H]1O. The van der Waals surface area contributed by atoms with Crippen molar-refractivity contribution in [2.24, 2.45) is 0 Å². The Morgan fingerprint density at radius 1 is 1.21 bits per heavy atom. The third-order valence-corrected chi connectivity index (χ3v) is 4.04. The van der Waals surface area contributed by atoms with Crippen molar-refractivity contribution < 1.29 is 24.8 Å². The van der Waals surface area contributed by atoms with Crippen molar-refractivity contribution in [2.75, 3.05) is 12.8 Å². The number of para-hydroxylation sites is 1. The maximum Gasteiger partial charge on any atom is 0.186 e. The number of hydrogen-bond donors (Lipinski definition) is 4. The van der Waals surface area contributed by atoms with E-state index in [-0.39, 0.29) is 6.54 Å². The van der Waals surface area contributed by atoms with Crippen molar-refractivity contribution in [1.29, 1.82) is 0 Å². The minimum Gasteiger partial charge on any atom is -0.398 e. The van der Waals surface area contributed by atoms with Gasteiger partial charge in [-0.05, 0) is 6.07 Å². The third kappa shape index (κ3) is 3.12. The number of ether oxygens (including phenoxy) is 2. The van der Waals surface area contributed by atoms with Gasteiger partial charge in [-0.3, -0.25) is 0 Å². The first kappa shape index (κ1) is 16.8. The molecule has 130 valence electrons. The van der Waals surface area contributed by atoms with Gasteiger partial charge < -0.3 is 30.5 Å². The number of nitrogens with two attached hydrogens (primary N) is 1. The summed E-state index contributed by atoms with van der Waals surface area (Å²) in [5.74, 6) is 0. The zero-order valence-electron chi connectivity index (χ0n) is 13.1. The molecule has 0 unspecified atom stereocenters. The van der Waals surface area contributed by atoms with E-state index in [1.54, 1.807) is 12.3 Å². The minimum atomic E-state index is -1.37. The highest BCUT2D eigenvalue weighted by Gasteiger charge is 2.44. The predicted molar refractivity (Wildman–Crippen MR) is 83.6 cm³/mol. The second kappa shape index (κ2) is 6.83. The quantitative estimate of drug-likeness (QED) is 0.521. The molecule has 5 N–H and O–H groups in total. The second-order valence-corrected chi connectivity index (χ2v) is 5.66. The smallest absolute Gasteiger partial charge is 0.186 e. The van der Waals surface area contributed by atoms with Crippen molar-refractivity contribution in [3.63, 3.8) is 0 Å². The number of anilines is 1. The molecule has 1 aliphatic rings. The third-order valence-electron chi connectivity index (χ3n) is 4.04. The molecule has 9 heteroatoms. The van der Waals surface area contributed by atoms with Crippen LogP contribution in [0.2, 0.25) is 0 Å². The molecule has 0 saturated carbocycles. The van der Waals surface area contributed by atoms with Crippen LogP contribution < -0.4 is 5.73 Å². The van der Waals surface area contributed by atoms with Gasteiger partial charge in [-0.1, -0.05) is 23.4 Å². The summed E-state index contributed by atoms with van der Waals surface area (Å²) < 4.78 is 11.9. The Balaban J connectivity index is 1.76. The average Bonchev–Trinajstić information content (AvgIpc) is 3.04. The zero-order chi connectivity index (χ0) is 17.3. The van der Waals surface area contributed by atoms with Gasteiger partial charge in [0.05, 0.1) is 12.7 Å². The molecule has 24 heavy (non-hydrogen) atoms. The van der Waals surface area contributed by atoms with Gasteiger partial charge in [0.2, 0.25) is 0 Å². The standard InChI is InChI=1S/C15H20N4O5/c1-23-15-14(22)13(21)12(20)11(24-15)7-19-6-10(17-18-19)8-4-2-3-5-9(8)16/h2-6,11-15,20-22H,7,16H2,1H3/t11-,12+,13+,14-,15-/m1/s1. The van der Waals surface area contributed by atoms with Gasteiger partial charge in [0.1, 0.15) is 30.1 Å². The number of aliphatic hydroxyl groups excluding tert-OH is 3. The largest absolute Gasteiger partial charge is 0.398 e. The van der Waals surface area contributed by atoms with Gasteiger partial charge in [-0.2, -0.15) is 0 Å². The van der Waals surface area contributed by atoms with Gasteiger partial charge in [-0.15, -0.1) is 5.10 Å². The van der Waals surface area contributed by atoms with E-state index in [2.05, 4.69) is 10.3 Å². The molecule has 0 amide bonds. The fourth-order valence-electron chi connectivity index (χ4n) is 2.69. The van der Waals surface area contributed by atoms with E-state index < -0.39 is 30.7 Å². The Kier molecular flexibility index (Phi) is 4.78. The highest BCUT2D eigenvalue weighted by atomic mass is 16.7. The summed E-state index contributed by atoms with van der Waals surface area (Å²) in [5.41, 5.74) is 7.83. The molecule has 1 saturated heterocycles. The summed E-state index contributed by atoms with van der Waals surface area (Å²) in [6.45, 7) is 0.130. The first-order valence-corrected chi connectivity index (χ1v) is 7.48. The molecule has 0 aliphatic carbocycles. The van der Waals surface area contributed by atoms with Crippen LogP contribution in [-0.4, -0.2) is 68.1 Å². The minimum absolute atomic E-state index is 0.130. The summed E-state index contributed by atoms with van der Waals surface area (Å²) in [6, 6.07) is 7.27. The number of aliphatic hydroxyl groups is 3. The number of benzene rings is 1. The number of methoxy groups -OCH3 is 1. The van der Waals surface area contributed by atoms with E-state index in [4.69, 9.17) is 15.2 Å². The number of rotatable bonds is 4. The van der Waals surface area contributed by atoms with E-state index in [1.165, 1.54) is 11.8 Å². The molecule has 1 aromatic heterocycles. The summed E-state index contributed by atoms with van der Waals surface area (Å²) >= 11 is 0. The van der Waals surface area contributed by atoms with Gasteiger partial charge >= 0.3 is 0 Å². The lowest BCUT2D eigenvalue weighted by molar-refractivity contribution is -0.292. The van der Waals surface area contributed by atoms with Crippen LogP contribution in [0.25, 0.3) is 11.3 Å². The summed E-state index contributed by atoms with van der Waals surface area (Å²) in [7, 11) is 1.35. The monoisotopic (exact) mass is 336 g/mol. The van der Waals surface area contributed by atoms with Gasteiger partial charge in [0, 0.05) is 18.4 Å². The first-order valence-electron chi connectivity index (χ1n) is 7.48. The van der Waals surface area contributed by atoms with E-state index in [1.807, 2.05) is 18.2 Å². The van der Waals surface area contributed by atoms with Gasteiger partial charge in [0.15, 0.2) is 6.29 Å². The molecule has 1 fully saturated rings. The molecule has 1 aromatic carbocycles. The fourth-order valence-corrected chi connectivity index (χ4v) is 2.69. The lowest BCUT2D eigenvalue weighted by Gasteiger charge is -2.39. The van der Waals surface area contributed by atoms with Crippen LogP contribution in [0.5, 0.6) is 0 Å². The molecule has 1 aliphatic heterocycles. The molecule has 2 aromatic rings. The van der Waals surface area contributed by atoms with Crippen molar-refractivity contribution in [3.05, 3.63) is 30.5 Å². The summed E-state index contributed by atoms with van der Waals surface area (Å²) in [4.78, 5) is 0. The Morgan fingerprint density at radius 3 is 2.67 bits per heavy atom. The van der Waals surface area contributed by atoms with E-state index in [0.717, 1.165) is 5.56 Å². The lowest BCUT2D eigenvalue weighted by atomic mass is 9.99. The van der Waals surface area contributed by atoms with Crippen LogP contribution in [0.15, 0.2) is 30.5 Å². The molecule has 0 radical (unpaired) electrons. The van der Waals surface area contributed by atoms with Crippen LogP contribution in [0, 0.1) is 0 Å². The highest BCUT2D eigenvalue weighted by molar-refractivity contribution is 5.72. The Bertz CT molecular complexity index is 692. The van der Waals surface area contributed by atoms with Crippen LogP contribution >= 0.6 is 0 Å². The summed E-state index contributed by atoms with van der Waals surface area (Å²) in [6.07, 6.45) is -4.14. The lowest BCUT2D eigenvalue weighted by Crippen LogP contribution is -2.58. The molecule has 9 nitrogen and oxygen atoms in total. The summed E-state index contributed by atoms with van der Waals surface area (Å²) in [5, 5.41) is 37.8. The molecule has 0 spiro atoms. The van der Waals surface area contributed by atoms with Crippen LogP contribution in [0.3, 0.4) is 0 Å². The Morgan fingerprint density at radius 2 is 1.96 bits per heavy atom. The van der Waals surface area contributed by atoms with Crippen LogP contribution in [0.1, 0.15) is 0 Å². The number of nitrogens with zero attached hydrogens (tertiary/aromatic N) is 3. The van der Waals surface area contributed by atoms with Gasteiger partial charge in [-0.25, -0.2) is 4.68 Å². The van der Waals surface area contributed by atoms with Gasteiger partial charge in [0.25, 0.3) is 0 Å². The Hall–Kier alpha value is -2.04. The molecule has 5 atom stereocenters. The van der Waals surface area contributed by atoms with Crippen molar-refractivity contribution in [1.82, 2.24) is 15.0 Å². The Labute approximate surface area is 138 Å². The normalized spacial score (nSPS) is 30.4. The topological polar surface area (TPSA) is 136 Å². The van der Waals surface area contributed by atoms with Crippen LogP contribution in [0.4, 0.5) is 5.69 Å². The maximum absolute atomic E-state index is 10.1. The second-order valence-electron chi connectivity index (χ2n) is 5.66. The molecule has 0 bridgehead atoms. The number of aromatic nitrogens is 3. The van der Waals surface area contributed by atoms with E-state index in [0.29, 0.717) is 11.4 Å². The predicted octanol–water partition coefficient (Wildman–Crippen LogP) is -1.02. The van der Waals surface area contributed by atoms with Crippen molar-refractivity contribution in [2.45, 2.75) is 37.3 Å². The van der Waals surface area contributed by atoms with Crippen LogP contribution in [-0.2, 0) is 16.0 Å². The maximum atomic E-state index is 10.1. The van der Waals surface area contributed by atoms with E-state index in [9.17, 15) is 15.3 Å². The van der Waals surface area contributed by atoms with Crippen molar-refractivity contribution in [3.8, 4) is 11.3 Å². The van der Waals surface area contributed by atoms with E-state index >= 15 is 0 Å². The molecular formula is C15H20N4O5. The molecule has 2 heterocycles. The number of hydrogen-bond acceptors (Lipinski definition) is 8. The highest BCUT2D eigenvalue weighted by Crippen LogP contribution is 2.25. The molecule has 3 rings (SSSR count). The molecular weight excluding hydrogens is 316 g/mol. The first-order chi connectivity index (χ1) is 11.5. The van der Waals surface area contributed by atoms with Crippen molar-refractivity contribution >= 4 is 5.69 Å². The zero-order valence-corrected chi connectivity index (χ0v) is 13.1. The average molecular weight is 336 g/mol. The number of nitrogen functional groups attached to an aromatic ring is 1. The fraction of sp³-hybridized carbons (Fsp3) is 0.467.